The number of likely N-dealkylation sites (N-methyl/N-ethyl adjacent to an activating group) is 1. The van der Waals surface area contributed by atoms with Gasteiger partial charge in [0, 0.05) is 32.9 Å². The molecule has 7 nitrogen and oxygen atoms in total. The summed E-state index contributed by atoms with van der Waals surface area (Å²) >= 11 is 0. The SMILES string of the molecule is CN(CC1COc2ccccc2O1)C(=O)c1ccc(N2CCCOCC2)nc1. The number of amides is 1. The molecule has 1 amide bonds. The summed E-state index contributed by atoms with van der Waals surface area (Å²) in [7, 11) is 1.77. The molecule has 0 radical (unpaired) electrons. The predicted octanol–water partition coefficient (Wildman–Crippen LogP) is 2.22. The number of aromatic nitrogens is 1. The lowest BCUT2D eigenvalue weighted by Gasteiger charge is -2.29. The van der Waals surface area contributed by atoms with Crippen molar-refractivity contribution in [3.05, 3.63) is 48.2 Å². The largest absolute Gasteiger partial charge is 0.486 e. The molecule has 4 rings (SSSR count). The number of ether oxygens (including phenoxy) is 3. The summed E-state index contributed by atoms with van der Waals surface area (Å²) < 4.78 is 17.2. The second-order valence-corrected chi connectivity index (χ2v) is 7.04. The van der Waals surface area contributed by atoms with Crippen LogP contribution in [0.25, 0.3) is 0 Å². The second kappa shape index (κ2) is 8.48. The van der Waals surface area contributed by atoms with Crippen LogP contribution in [0.4, 0.5) is 5.82 Å². The summed E-state index contributed by atoms with van der Waals surface area (Å²) in [5.41, 5.74) is 0.564. The minimum absolute atomic E-state index is 0.0827. The third kappa shape index (κ3) is 4.20. The van der Waals surface area contributed by atoms with Gasteiger partial charge in [-0.3, -0.25) is 4.79 Å². The first kappa shape index (κ1) is 18.6. The van der Waals surface area contributed by atoms with Crippen LogP contribution >= 0.6 is 0 Å². The van der Waals surface area contributed by atoms with Gasteiger partial charge in [0.15, 0.2) is 17.6 Å². The van der Waals surface area contributed by atoms with Crippen molar-refractivity contribution in [2.75, 3.05) is 51.4 Å². The van der Waals surface area contributed by atoms with E-state index in [2.05, 4.69) is 9.88 Å². The minimum Gasteiger partial charge on any atom is -0.486 e. The standard InChI is InChI=1S/C21H25N3O4/c1-23(14-17-15-27-18-5-2-3-6-19(18)28-17)21(25)16-7-8-20(22-13-16)24-9-4-11-26-12-10-24/h2-3,5-8,13,17H,4,9-12,14-15H2,1H3. The summed E-state index contributed by atoms with van der Waals surface area (Å²) in [5.74, 6) is 2.25. The number of nitrogens with zero attached hydrogens (tertiary/aromatic N) is 3. The number of fused-ring (bicyclic) bond motifs is 1. The molecule has 2 aliphatic rings. The lowest BCUT2D eigenvalue weighted by atomic mass is 10.2. The summed E-state index contributed by atoms with van der Waals surface area (Å²) in [5, 5.41) is 0. The fourth-order valence-electron chi connectivity index (χ4n) is 3.44. The van der Waals surface area contributed by atoms with Crippen LogP contribution in [0.15, 0.2) is 42.6 Å². The molecule has 2 aliphatic heterocycles. The smallest absolute Gasteiger partial charge is 0.255 e. The van der Waals surface area contributed by atoms with Gasteiger partial charge in [0.2, 0.25) is 0 Å². The zero-order valence-electron chi connectivity index (χ0n) is 16.0. The van der Waals surface area contributed by atoms with E-state index in [1.807, 2.05) is 36.4 Å². The highest BCUT2D eigenvalue weighted by Crippen LogP contribution is 2.31. The van der Waals surface area contributed by atoms with Crippen molar-refractivity contribution in [1.82, 2.24) is 9.88 Å². The van der Waals surface area contributed by atoms with Gasteiger partial charge in [-0.1, -0.05) is 12.1 Å². The number of hydrogen-bond donors (Lipinski definition) is 0. The number of rotatable bonds is 4. The molecule has 148 valence electrons. The third-order valence-electron chi connectivity index (χ3n) is 4.93. The van der Waals surface area contributed by atoms with Crippen molar-refractivity contribution in [2.45, 2.75) is 12.5 Å². The van der Waals surface area contributed by atoms with E-state index in [0.717, 1.165) is 37.7 Å². The Labute approximate surface area is 164 Å². The molecule has 0 spiro atoms. The molecular weight excluding hydrogens is 358 g/mol. The molecule has 28 heavy (non-hydrogen) atoms. The molecule has 0 bridgehead atoms. The van der Waals surface area contributed by atoms with E-state index in [4.69, 9.17) is 14.2 Å². The Hall–Kier alpha value is -2.80. The molecular formula is C21H25N3O4. The number of hydrogen-bond acceptors (Lipinski definition) is 6. The average Bonchev–Trinajstić information content (AvgIpc) is 3.03. The molecule has 3 heterocycles. The Morgan fingerprint density at radius 3 is 2.86 bits per heavy atom. The average molecular weight is 383 g/mol. The second-order valence-electron chi connectivity index (χ2n) is 7.04. The molecule has 2 aromatic rings. The number of pyridine rings is 1. The van der Waals surface area contributed by atoms with E-state index in [9.17, 15) is 4.79 Å². The highest BCUT2D eigenvalue weighted by atomic mass is 16.6. The zero-order valence-corrected chi connectivity index (χ0v) is 16.0. The third-order valence-corrected chi connectivity index (χ3v) is 4.93. The van der Waals surface area contributed by atoms with Crippen LogP contribution in [-0.4, -0.2) is 68.4 Å². The highest BCUT2D eigenvalue weighted by molar-refractivity contribution is 5.94. The fraction of sp³-hybridized carbons (Fsp3) is 0.429. The zero-order chi connectivity index (χ0) is 19.3. The normalized spacial score (nSPS) is 19.0. The first-order valence-corrected chi connectivity index (χ1v) is 9.63. The van der Waals surface area contributed by atoms with Crippen LogP contribution in [-0.2, 0) is 4.74 Å². The van der Waals surface area contributed by atoms with Crippen molar-refractivity contribution >= 4 is 11.7 Å². The van der Waals surface area contributed by atoms with Gasteiger partial charge in [0.1, 0.15) is 12.4 Å². The van der Waals surface area contributed by atoms with Gasteiger partial charge >= 0.3 is 0 Å². The Bertz CT molecular complexity index is 804. The maximum atomic E-state index is 12.8. The van der Waals surface area contributed by atoms with E-state index in [-0.39, 0.29) is 12.0 Å². The Morgan fingerprint density at radius 2 is 2.04 bits per heavy atom. The van der Waals surface area contributed by atoms with Crippen molar-refractivity contribution in [3.63, 3.8) is 0 Å². The van der Waals surface area contributed by atoms with Crippen LogP contribution in [0.1, 0.15) is 16.8 Å². The Balaban J connectivity index is 1.36. The van der Waals surface area contributed by atoms with E-state index in [0.29, 0.717) is 31.1 Å². The van der Waals surface area contributed by atoms with Crippen molar-refractivity contribution < 1.29 is 19.0 Å². The van der Waals surface area contributed by atoms with Crippen LogP contribution in [0, 0.1) is 0 Å². The first-order valence-electron chi connectivity index (χ1n) is 9.63. The minimum atomic E-state index is -0.201. The maximum Gasteiger partial charge on any atom is 0.255 e. The van der Waals surface area contributed by atoms with Gasteiger partial charge in [0.05, 0.1) is 18.7 Å². The number of para-hydroxylation sites is 2. The van der Waals surface area contributed by atoms with E-state index >= 15 is 0 Å². The van der Waals surface area contributed by atoms with Gasteiger partial charge < -0.3 is 24.0 Å². The molecule has 0 saturated carbocycles. The van der Waals surface area contributed by atoms with E-state index in [1.54, 1.807) is 18.1 Å². The molecule has 1 aromatic carbocycles. The monoisotopic (exact) mass is 383 g/mol. The highest BCUT2D eigenvalue weighted by Gasteiger charge is 2.24. The van der Waals surface area contributed by atoms with Crippen molar-refractivity contribution in [1.29, 1.82) is 0 Å². The number of anilines is 1. The van der Waals surface area contributed by atoms with Gasteiger partial charge in [-0.15, -0.1) is 0 Å². The molecule has 1 saturated heterocycles. The molecule has 1 atom stereocenters. The quantitative estimate of drug-likeness (QED) is 0.807. The first-order chi connectivity index (χ1) is 13.7. The molecule has 1 aromatic heterocycles. The van der Waals surface area contributed by atoms with E-state index < -0.39 is 0 Å². The Morgan fingerprint density at radius 1 is 1.18 bits per heavy atom. The number of benzene rings is 1. The summed E-state index contributed by atoms with van der Waals surface area (Å²) in [4.78, 5) is 21.1. The van der Waals surface area contributed by atoms with Crippen LogP contribution in [0.3, 0.4) is 0 Å². The lowest BCUT2D eigenvalue weighted by Crippen LogP contribution is -2.41. The maximum absolute atomic E-state index is 12.8. The summed E-state index contributed by atoms with van der Waals surface area (Å²) in [6.45, 7) is 4.09. The van der Waals surface area contributed by atoms with Crippen LogP contribution in [0.5, 0.6) is 11.5 Å². The lowest BCUT2D eigenvalue weighted by molar-refractivity contribution is 0.0520. The van der Waals surface area contributed by atoms with Crippen LogP contribution in [0.2, 0.25) is 0 Å². The van der Waals surface area contributed by atoms with Gasteiger partial charge in [-0.2, -0.15) is 0 Å². The number of carbonyl (C=O) groups excluding carboxylic acids is 1. The van der Waals surface area contributed by atoms with Crippen LogP contribution < -0.4 is 14.4 Å². The molecule has 0 N–H and O–H groups in total. The van der Waals surface area contributed by atoms with Crippen molar-refractivity contribution in [3.8, 4) is 11.5 Å². The predicted molar refractivity (Wildman–Crippen MR) is 105 cm³/mol. The van der Waals surface area contributed by atoms with Gasteiger partial charge in [-0.05, 0) is 30.7 Å². The van der Waals surface area contributed by atoms with Crippen molar-refractivity contribution in [2.24, 2.45) is 0 Å². The summed E-state index contributed by atoms with van der Waals surface area (Å²) in [6.07, 6.45) is 2.43. The van der Waals surface area contributed by atoms with E-state index in [1.165, 1.54) is 0 Å². The fourth-order valence-corrected chi connectivity index (χ4v) is 3.44. The molecule has 1 fully saturated rings. The molecule has 1 unspecified atom stereocenters. The summed E-state index contributed by atoms with van der Waals surface area (Å²) in [6, 6.07) is 11.3. The molecule has 0 aliphatic carbocycles. The Kier molecular flexibility index (Phi) is 5.62. The van der Waals surface area contributed by atoms with Gasteiger partial charge in [0.25, 0.3) is 5.91 Å². The number of carbonyl (C=O) groups is 1. The van der Waals surface area contributed by atoms with Gasteiger partial charge in [-0.25, -0.2) is 4.98 Å². The molecule has 7 heteroatoms. The topological polar surface area (TPSA) is 64.1 Å².